The Labute approximate surface area is 154 Å². The van der Waals surface area contributed by atoms with Crippen LogP contribution in [0.1, 0.15) is 24.2 Å². The Hall–Kier alpha value is -1.04. The maximum absolute atomic E-state index is 10.5. The third kappa shape index (κ3) is 6.11. The first-order valence-corrected chi connectivity index (χ1v) is 9.09. The summed E-state index contributed by atoms with van der Waals surface area (Å²) in [6.07, 6.45) is 2.15. The van der Waals surface area contributed by atoms with Gasteiger partial charge in [-0.25, -0.2) is 0 Å². The van der Waals surface area contributed by atoms with Crippen LogP contribution < -0.4 is 5.32 Å². The molecule has 2 aromatic carbocycles. The number of thioether (sulfide) groups is 1. The summed E-state index contributed by atoms with van der Waals surface area (Å²) in [6.45, 7) is 1.96. The van der Waals surface area contributed by atoms with Gasteiger partial charge in [0.05, 0.1) is 18.8 Å². The Morgan fingerprint density at radius 2 is 1.67 bits per heavy atom. The first-order valence-electron chi connectivity index (χ1n) is 7.87. The van der Waals surface area contributed by atoms with Crippen LogP contribution >= 0.6 is 24.2 Å². The zero-order valence-electron chi connectivity index (χ0n) is 14.1. The van der Waals surface area contributed by atoms with Crippen molar-refractivity contribution in [2.45, 2.75) is 36.4 Å². The fourth-order valence-corrected chi connectivity index (χ4v) is 3.08. The molecule has 3 N–H and O–H groups in total. The molecule has 0 saturated heterocycles. The van der Waals surface area contributed by atoms with E-state index in [0.717, 1.165) is 16.9 Å². The zero-order chi connectivity index (χ0) is 16.7. The van der Waals surface area contributed by atoms with Gasteiger partial charge in [0.1, 0.15) is 0 Å². The predicted octanol–water partition coefficient (Wildman–Crippen LogP) is 3.45. The molecule has 0 aliphatic carbocycles. The van der Waals surface area contributed by atoms with Gasteiger partial charge in [-0.05, 0) is 42.9 Å². The van der Waals surface area contributed by atoms with Crippen molar-refractivity contribution in [3.05, 3.63) is 65.7 Å². The van der Waals surface area contributed by atoms with Crippen LogP contribution in [0.25, 0.3) is 0 Å². The summed E-state index contributed by atoms with van der Waals surface area (Å²) in [5.74, 6) is 0. The highest BCUT2D eigenvalue weighted by atomic mass is 35.5. The van der Waals surface area contributed by atoms with Crippen molar-refractivity contribution >= 4 is 24.2 Å². The van der Waals surface area contributed by atoms with Gasteiger partial charge in [0.2, 0.25) is 0 Å². The van der Waals surface area contributed by atoms with Gasteiger partial charge < -0.3 is 15.5 Å². The molecule has 0 aromatic heterocycles. The molecule has 5 heteroatoms. The second kappa shape index (κ2) is 10.7. The lowest BCUT2D eigenvalue weighted by Gasteiger charge is -2.26. The first-order chi connectivity index (χ1) is 11.1. The molecular weight excluding hydrogens is 342 g/mol. The lowest BCUT2D eigenvalue weighted by atomic mass is 10.0. The van der Waals surface area contributed by atoms with E-state index in [1.165, 1.54) is 5.56 Å². The van der Waals surface area contributed by atoms with E-state index in [1.807, 2.05) is 48.7 Å². The molecule has 0 saturated carbocycles. The highest BCUT2D eigenvalue weighted by Crippen LogP contribution is 2.21. The Morgan fingerprint density at radius 1 is 1.04 bits per heavy atom. The summed E-state index contributed by atoms with van der Waals surface area (Å²) in [5, 5.41) is 23.5. The fraction of sp³-hybridized carbons (Fsp3) is 0.368. The maximum Gasteiger partial charge on any atom is 0.0965 e. The van der Waals surface area contributed by atoms with Crippen molar-refractivity contribution in [2.24, 2.45) is 0 Å². The maximum atomic E-state index is 10.5. The Bertz CT molecular complexity index is 580. The smallest absolute Gasteiger partial charge is 0.0965 e. The third-order valence-electron chi connectivity index (χ3n) is 3.92. The minimum absolute atomic E-state index is 0. The fourth-order valence-electron chi connectivity index (χ4n) is 2.67. The van der Waals surface area contributed by atoms with Crippen molar-refractivity contribution in [3.8, 4) is 0 Å². The molecule has 0 bridgehead atoms. The van der Waals surface area contributed by atoms with Crippen molar-refractivity contribution in [3.63, 3.8) is 0 Å². The zero-order valence-corrected chi connectivity index (χ0v) is 15.7. The summed E-state index contributed by atoms with van der Waals surface area (Å²) in [7, 11) is 0. The summed E-state index contributed by atoms with van der Waals surface area (Å²) in [5.41, 5.74) is 2.06. The van der Waals surface area contributed by atoms with Crippen LogP contribution in [0.2, 0.25) is 0 Å². The van der Waals surface area contributed by atoms with E-state index in [2.05, 4.69) is 24.4 Å². The Kier molecular flexibility index (Phi) is 9.41. The van der Waals surface area contributed by atoms with Crippen LogP contribution in [0.15, 0.2) is 59.5 Å². The molecule has 1 unspecified atom stereocenters. The van der Waals surface area contributed by atoms with Crippen LogP contribution in [0.3, 0.4) is 0 Å². The van der Waals surface area contributed by atoms with E-state index in [4.69, 9.17) is 0 Å². The van der Waals surface area contributed by atoms with Crippen molar-refractivity contribution in [1.82, 2.24) is 5.32 Å². The minimum Gasteiger partial charge on any atom is -0.395 e. The second-order valence-electron chi connectivity index (χ2n) is 5.76. The molecule has 0 aliphatic rings. The van der Waals surface area contributed by atoms with Crippen LogP contribution in [0.5, 0.6) is 0 Å². The average molecular weight is 368 g/mol. The van der Waals surface area contributed by atoms with Crippen LogP contribution in [0.4, 0.5) is 0 Å². The number of hydrogen-bond donors (Lipinski definition) is 3. The second-order valence-corrected chi connectivity index (χ2v) is 6.64. The molecule has 24 heavy (non-hydrogen) atoms. The van der Waals surface area contributed by atoms with Crippen molar-refractivity contribution < 1.29 is 10.2 Å². The number of benzene rings is 2. The number of rotatable bonds is 8. The normalized spacial score (nSPS) is 14.5. The summed E-state index contributed by atoms with van der Waals surface area (Å²) in [6, 6.07) is 17.8. The van der Waals surface area contributed by atoms with Gasteiger partial charge in [0, 0.05) is 10.9 Å². The molecule has 0 aliphatic heterocycles. The highest BCUT2D eigenvalue weighted by molar-refractivity contribution is 7.98. The molecule has 0 radical (unpaired) electrons. The van der Waals surface area contributed by atoms with E-state index >= 15 is 0 Å². The van der Waals surface area contributed by atoms with E-state index in [-0.39, 0.29) is 31.1 Å². The Balaban J connectivity index is 0.00000288. The number of nitrogens with one attached hydrogen (secondary N) is 1. The Morgan fingerprint density at radius 3 is 2.21 bits per heavy atom. The molecule has 3 nitrogen and oxygen atoms in total. The monoisotopic (exact) mass is 367 g/mol. The van der Waals surface area contributed by atoms with E-state index in [1.54, 1.807) is 11.8 Å². The lowest BCUT2D eigenvalue weighted by Crippen LogP contribution is -2.44. The van der Waals surface area contributed by atoms with Crippen LogP contribution in [-0.4, -0.2) is 35.2 Å². The van der Waals surface area contributed by atoms with Crippen LogP contribution in [-0.2, 0) is 6.42 Å². The first kappa shape index (κ1) is 21.0. The predicted molar refractivity (Wildman–Crippen MR) is 104 cm³/mol. The van der Waals surface area contributed by atoms with Crippen molar-refractivity contribution in [1.29, 1.82) is 0 Å². The van der Waals surface area contributed by atoms with E-state index in [0.29, 0.717) is 0 Å². The molecule has 0 spiro atoms. The van der Waals surface area contributed by atoms with Gasteiger partial charge in [0.15, 0.2) is 0 Å². The van der Waals surface area contributed by atoms with Gasteiger partial charge in [-0.3, -0.25) is 0 Å². The van der Waals surface area contributed by atoms with Crippen LogP contribution in [0, 0.1) is 0 Å². The molecule has 132 valence electrons. The third-order valence-corrected chi connectivity index (χ3v) is 4.66. The average Bonchev–Trinajstić information content (AvgIpc) is 2.60. The number of aliphatic hydroxyl groups is 2. The van der Waals surface area contributed by atoms with E-state index in [9.17, 15) is 10.2 Å². The summed E-state index contributed by atoms with van der Waals surface area (Å²) < 4.78 is 0. The molecular formula is C19H26ClNO2S. The molecule has 0 heterocycles. The molecule has 0 fully saturated rings. The lowest BCUT2D eigenvalue weighted by molar-refractivity contribution is 0.0844. The minimum atomic E-state index is -0.728. The van der Waals surface area contributed by atoms with Gasteiger partial charge in [-0.15, -0.1) is 24.2 Å². The molecule has 3 atom stereocenters. The van der Waals surface area contributed by atoms with Gasteiger partial charge in [0.25, 0.3) is 0 Å². The number of hydrogen-bond acceptors (Lipinski definition) is 4. The summed E-state index contributed by atoms with van der Waals surface area (Å²) in [4.78, 5) is 1.16. The largest absolute Gasteiger partial charge is 0.395 e. The topological polar surface area (TPSA) is 52.5 Å². The SMILES string of the molecule is CSc1ccc([C@H](O)[C@H](CO)NC(C)Cc2ccccc2)cc1.Cl. The number of aliphatic hydroxyl groups excluding tert-OH is 2. The van der Waals surface area contributed by atoms with Crippen molar-refractivity contribution in [2.75, 3.05) is 12.9 Å². The number of halogens is 1. The molecule has 2 aromatic rings. The van der Waals surface area contributed by atoms with Gasteiger partial charge in [-0.1, -0.05) is 42.5 Å². The standard InChI is InChI=1S/C19H25NO2S.ClH/c1-14(12-15-6-4-3-5-7-15)20-18(13-21)19(22)16-8-10-17(23-2)11-9-16;/h3-11,14,18-22H,12-13H2,1-2H3;1H/t14?,18-,19-;/m0./s1. The van der Waals surface area contributed by atoms with Gasteiger partial charge >= 0.3 is 0 Å². The molecule has 2 rings (SSSR count). The quantitative estimate of drug-likeness (QED) is 0.625. The van der Waals surface area contributed by atoms with E-state index < -0.39 is 6.10 Å². The highest BCUT2D eigenvalue weighted by Gasteiger charge is 2.21. The van der Waals surface area contributed by atoms with Gasteiger partial charge in [-0.2, -0.15) is 0 Å². The summed E-state index contributed by atoms with van der Waals surface area (Å²) >= 11 is 1.67. The molecule has 0 amide bonds.